The van der Waals surface area contributed by atoms with Crippen molar-refractivity contribution in [2.75, 3.05) is 37.5 Å². The molecule has 1 aromatic carbocycles. The van der Waals surface area contributed by atoms with Gasteiger partial charge in [-0.15, -0.1) is 11.3 Å². The highest BCUT2D eigenvalue weighted by atomic mass is 32.1. The molecule has 0 saturated heterocycles. The number of carboxylic acid groups (broad SMARTS) is 1. The van der Waals surface area contributed by atoms with E-state index in [4.69, 9.17) is 9.47 Å². The van der Waals surface area contributed by atoms with Crippen molar-refractivity contribution in [2.24, 2.45) is 0 Å². The molecular weight excluding hydrogens is 456 g/mol. The lowest BCUT2D eigenvalue weighted by atomic mass is 9.97. The molecule has 3 heterocycles. The van der Waals surface area contributed by atoms with E-state index in [-0.39, 0.29) is 10.8 Å². The van der Waals surface area contributed by atoms with Crippen LogP contribution in [-0.4, -0.2) is 54.3 Å². The number of ether oxygens (including phenoxy) is 2. The first kappa shape index (κ1) is 23.5. The summed E-state index contributed by atoms with van der Waals surface area (Å²) in [6.07, 6.45) is 3.38. The Morgan fingerprint density at radius 2 is 2.03 bits per heavy atom. The van der Waals surface area contributed by atoms with E-state index in [0.717, 1.165) is 40.3 Å². The minimum Gasteiger partial charge on any atom is -0.496 e. The molecule has 0 fully saturated rings. The number of benzene rings is 1. The number of nitrogens with zero attached hydrogens (tertiary/aromatic N) is 3. The van der Waals surface area contributed by atoms with Gasteiger partial charge in [-0.05, 0) is 37.0 Å². The van der Waals surface area contributed by atoms with Gasteiger partial charge in [0.1, 0.15) is 23.6 Å². The Labute approximate surface area is 201 Å². The molecule has 9 nitrogen and oxygen atoms in total. The molecule has 0 saturated carbocycles. The lowest BCUT2D eigenvalue weighted by Gasteiger charge is -2.27. The van der Waals surface area contributed by atoms with Crippen molar-refractivity contribution in [3.05, 3.63) is 46.6 Å². The highest BCUT2D eigenvalue weighted by Crippen LogP contribution is 2.36. The number of aromatic nitrogens is 2. The second-order valence-corrected chi connectivity index (χ2v) is 8.81. The maximum atomic E-state index is 12.0. The van der Waals surface area contributed by atoms with E-state index in [9.17, 15) is 14.7 Å². The predicted molar refractivity (Wildman–Crippen MR) is 130 cm³/mol. The third-order valence-electron chi connectivity index (χ3n) is 5.64. The number of amides is 1. The SMILES string of the molecule is CCOc1cc(-c2cc(NCCc3cc4c(cc3OC)N(C)C(=O)CC4)ncn2)sc1C(=O)O. The fourth-order valence-electron chi connectivity index (χ4n) is 3.93. The fourth-order valence-corrected chi connectivity index (χ4v) is 4.84. The molecule has 0 atom stereocenters. The molecule has 1 amide bonds. The van der Waals surface area contributed by atoms with Crippen LogP contribution in [0, 0.1) is 0 Å². The van der Waals surface area contributed by atoms with Crippen molar-refractivity contribution in [1.29, 1.82) is 0 Å². The number of methoxy groups -OCH3 is 1. The van der Waals surface area contributed by atoms with Crippen LogP contribution in [0.4, 0.5) is 11.5 Å². The topological polar surface area (TPSA) is 114 Å². The summed E-state index contributed by atoms with van der Waals surface area (Å²) in [6.45, 7) is 2.80. The smallest absolute Gasteiger partial charge is 0.349 e. The standard InChI is InChI=1S/C24H26N4O5S/c1-4-33-19-12-20(34-23(19)24(30)31)16-10-21(27-13-26-16)25-8-7-15-9-14-5-6-22(29)28(2)17(14)11-18(15)32-3/h9-13H,4-8H2,1-3H3,(H,30,31)(H,25,26,27). The third-order valence-corrected chi connectivity index (χ3v) is 6.76. The number of aryl methyl sites for hydroxylation is 1. The quantitative estimate of drug-likeness (QED) is 0.472. The molecule has 3 aromatic rings. The van der Waals surface area contributed by atoms with Crippen molar-refractivity contribution in [1.82, 2.24) is 9.97 Å². The lowest BCUT2D eigenvalue weighted by molar-refractivity contribution is -0.118. The van der Waals surface area contributed by atoms with Crippen molar-refractivity contribution >= 4 is 34.7 Å². The summed E-state index contributed by atoms with van der Waals surface area (Å²) in [5.74, 6) is 0.805. The number of hydrogen-bond donors (Lipinski definition) is 2. The molecule has 0 bridgehead atoms. The van der Waals surface area contributed by atoms with E-state index < -0.39 is 5.97 Å². The number of fused-ring (bicyclic) bond motifs is 1. The Balaban J connectivity index is 1.48. The van der Waals surface area contributed by atoms with Crippen LogP contribution in [0.2, 0.25) is 0 Å². The van der Waals surface area contributed by atoms with Crippen LogP contribution in [0.1, 0.15) is 34.1 Å². The van der Waals surface area contributed by atoms with Crippen LogP contribution in [0.3, 0.4) is 0 Å². The molecule has 4 rings (SSSR count). The normalized spacial score (nSPS) is 12.9. The van der Waals surface area contributed by atoms with Crippen molar-refractivity contribution in [2.45, 2.75) is 26.2 Å². The molecule has 2 aromatic heterocycles. The summed E-state index contributed by atoms with van der Waals surface area (Å²) in [5, 5.41) is 12.7. The number of thiophene rings is 1. The molecule has 0 spiro atoms. The minimum absolute atomic E-state index is 0.109. The van der Waals surface area contributed by atoms with Gasteiger partial charge in [0.2, 0.25) is 5.91 Å². The van der Waals surface area contributed by atoms with Gasteiger partial charge in [-0.25, -0.2) is 14.8 Å². The molecule has 34 heavy (non-hydrogen) atoms. The minimum atomic E-state index is -1.03. The van der Waals surface area contributed by atoms with E-state index in [1.807, 2.05) is 13.0 Å². The number of hydrogen-bond acceptors (Lipinski definition) is 8. The van der Waals surface area contributed by atoms with Crippen LogP contribution >= 0.6 is 11.3 Å². The number of nitrogens with one attached hydrogen (secondary N) is 1. The molecule has 0 unspecified atom stereocenters. The molecule has 2 N–H and O–H groups in total. The van der Waals surface area contributed by atoms with Crippen LogP contribution in [0.25, 0.3) is 10.6 Å². The van der Waals surface area contributed by atoms with Gasteiger partial charge in [-0.3, -0.25) is 4.79 Å². The van der Waals surface area contributed by atoms with E-state index in [1.165, 1.54) is 6.33 Å². The molecular formula is C24H26N4O5S. The third kappa shape index (κ3) is 4.81. The van der Waals surface area contributed by atoms with Gasteiger partial charge in [0, 0.05) is 38.2 Å². The molecule has 0 radical (unpaired) electrons. The number of carbonyl (C=O) groups is 2. The Bertz CT molecular complexity index is 1230. The zero-order valence-electron chi connectivity index (χ0n) is 19.3. The second kappa shape index (κ2) is 10.1. The van der Waals surface area contributed by atoms with Gasteiger partial charge in [0.05, 0.1) is 30.0 Å². The second-order valence-electron chi connectivity index (χ2n) is 7.75. The fraction of sp³-hybridized carbons (Fsp3) is 0.333. The van der Waals surface area contributed by atoms with Gasteiger partial charge in [0.15, 0.2) is 4.88 Å². The summed E-state index contributed by atoms with van der Waals surface area (Å²) in [6, 6.07) is 7.52. The number of rotatable bonds is 9. The maximum Gasteiger partial charge on any atom is 0.349 e. The van der Waals surface area contributed by atoms with E-state index >= 15 is 0 Å². The van der Waals surface area contributed by atoms with Crippen molar-refractivity contribution < 1.29 is 24.2 Å². The Hall–Kier alpha value is -3.66. The molecule has 10 heteroatoms. The Morgan fingerprint density at radius 3 is 2.76 bits per heavy atom. The Morgan fingerprint density at radius 1 is 1.21 bits per heavy atom. The van der Waals surface area contributed by atoms with Gasteiger partial charge in [0.25, 0.3) is 0 Å². The van der Waals surface area contributed by atoms with Crippen LogP contribution < -0.4 is 19.7 Å². The van der Waals surface area contributed by atoms with Crippen molar-refractivity contribution in [3.63, 3.8) is 0 Å². The molecule has 1 aliphatic heterocycles. The van der Waals surface area contributed by atoms with Gasteiger partial charge >= 0.3 is 5.97 Å². The first-order valence-corrected chi connectivity index (χ1v) is 11.8. The predicted octanol–water partition coefficient (Wildman–Crippen LogP) is 3.87. The Kier molecular flexibility index (Phi) is 6.97. The zero-order valence-corrected chi connectivity index (χ0v) is 20.1. The summed E-state index contributed by atoms with van der Waals surface area (Å²) < 4.78 is 11.0. The first-order chi connectivity index (χ1) is 16.4. The van der Waals surface area contributed by atoms with Crippen molar-refractivity contribution in [3.8, 4) is 22.1 Å². The van der Waals surface area contributed by atoms with Crippen LogP contribution in [0.15, 0.2) is 30.6 Å². The zero-order chi connectivity index (χ0) is 24.2. The highest BCUT2D eigenvalue weighted by molar-refractivity contribution is 7.17. The molecule has 178 valence electrons. The summed E-state index contributed by atoms with van der Waals surface area (Å²) >= 11 is 1.12. The first-order valence-electron chi connectivity index (χ1n) is 10.9. The van der Waals surface area contributed by atoms with E-state index in [0.29, 0.717) is 48.1 Å². The van der Waals surface area contributed by atoms with Crippen LogP contribution in [0.5, 0.6) is 11.5 Å². The highest BCUT2D eigenvalue weighted by Gasteiger charge is 2.23. The van der Waals surface area contributed by atoms with Gasteiger partial charge < -0.3 is 24.8 Å². The maximum absolute atomic E-state index is 12.0. The van der Waals surface area contributed by atoms with E-state index in [2.05, 4.69) is 21.4 Å². The number of anilines is 2. The van der Waals surface area contributed by atoms with Crippen LogP contribution in [-0.2, 0) is 17.6 Å². The number of carboxylic acids is 1. The summed E-state index contributed by atoms with van der Waals surface area (Å²) in [4.78, 5) is 34.6. The number of carbonyl (C=O) groups excluding carboxylic acids is 1. The largest absolute Gasteiger partial charge is 0.496 e. The molecule has 1 aliphatic rings. The van der Waals surface area contributed by atoms with E-state index in [1.54, 1.807) is 31.2 Å². The average molecular weight is 483 g/mol. The summed E-state index contributed by atoms with van der Waals surface area (Å²) in [5.41, 5.74) is 3.71. The van der Waals surface area contributed by atoms with Gasteiger partial charge in [-0.2, -0.15) is 0 Å². The average Bonchev–Trinajstić information content (AvgIpc) is 3.26. The number of aromatic carboxylic acids is 1. The van der Waals surface area contributed by atoms with Gasteiger partial charge in [-0.1, -0.05) is 0 Å². The monoisotopic (exact) mass is 482 g/mol. The summed E-state index contributed by atoms with van der Waals surface area (Å²) in [7, 11) is 3.42. The lowest BCUT2D eigenvalue weighted by Crippen LogP contribution is -2.31. The molecule has 0 aliphatic carbocycles.